The van der Waals surface area contributed by atoms with Crippen molar-refractivity contribution >= 4 is 11.8 Å². The molecular weight excluding hydrogens is 247 g/mol. The lowest BCUT2D eigenvalue weighted by molar-refractivity contribution is -0.390. The van der Waals surface area contributed by atoms with Crippen LogP contribution in [0, 0.1) is 15.9 Å². The number of halogens is 1. The fourth-order valence-electron chi connectivity index (χ4n) is 1.25. The van der Waals surface area contributed by atoms with Crippen molar-refractivity contribution in [3.8, 4) is 5.69 Å². The summed E-state index contributed by atoms with van der Waals surface area (Å²) in [5, 5.41) is 26.2. The number of aromatic carboxylic acids is 1. The van der Waals surface area contributed by atoms with Gasteiger partial charge in [0.05, 0.1) is 5.10 Å². The van der Waals surface area contributed by atoms with E-state index in [1.165, 1.54) is 12.1 Å². The van der Waals surface area contributed by atoms with Crippen molar-refractivity contribution in [2.45, 2.75) is 0 Å². The Hall–Kier alpha value is -2.84. The molecule has 9 heteroatoms. The van der Waals surface area contributed by atoms with Crippen molar-refractivity contribution in [2.75, 3.05) is 0 Å². The van der Waals surface area contributed by atoms with Gasteiger partial charge in [-0.05, 0) is 29.2 Å². The Kier molecular flexibility index (Phi) is 2.72. The van der Waals surface area contributed by atoms with Crippen molar-refractivity contribution < 1.29 is 19.2 Å². The Morgan fingerprint density at radius 1 is 1.33 bits per heavy atom. The van der Waals surface area contributed by atoms with E-state index in [-0.39, 0.29) is 5.69 Å². The largest absolute Gasteiger partial charge is 0.476 e. The van der Waals surface area contributed by atoms with Crippen molar-refractivity contribution in [3.63, 3.8) is 0 Å². The molecule has 0 saturated heterocycles. The van der Waals surface area contributed by atoms with Crippen molar-refractivity contribution in [2.24, 2.45) is 0 Å². The van der Waals surface area contributed by atoms with Crippen LogP contribution in [0.25, 0.3) is 5.69 Å². The van der Waals surface area contributed by atoms with Crippen molar-refractivity contribution in [3.05, 3.63) is 45.9 Å². The summed E-state index contributed by atoms with van der Waals surface area (Å²) >= 11 is 0. The van der Waals surface area contributed by atoms with E-state index < -0.39 is 28.2 Å². The Balaban J connectivity index is 2.53. The summed E-state index contributed by atoms with van der Waals surface area (Å²) in [6, 6.07) is 4.74. The Morgan fingerprint density at radius 2 is 1.94 bits per heavy atom. The Bertz CT molecular complexity index is 590. The lowest BCUT2D eigenvalue weighted by Gasteiger charge is -1.93. The molecule has 0 aliphatic carbocycles. The summed E-state index contributed by atoms with van der Waals surface area (Å²) in [7, 11) is 0. The van der Waals surface area contributed by atoms with Crippen LogP contribution < -0.4 is 0 Å². The minimum atomic E-state index is -1.56. The number of hydrogen-bond acceptors (Lipinski definition) is 5. The van der Waals surface area contributed by atoms with Crippen LogP contribution >= 0.6 is 0 Å². The molecule has 0 radical (unpaired) electrons. The first-order valence-corrected chi connectivity index (χ1v) is 4.60. The molecule has 0 saturated carbocycles. The van der Waals surface area contributed by atoms with Crippen LogP contribution in [0.1, 0.15) is 10.5 Å². The maximum Gasteiger partial charge on any atom is 0.425 e. The third-order valence-corrected chi connectivity index (χ3v) is 2.03. The predicted octanol–water partition coefficient (Wildman–Crippen LogP) is 1.01. The van der Waals surface area contributed by atoms with Crippen LogP contribution in [-0.2, 0) is 0 Å². The van der Waals surface area contributed by atoms with Crippen LogP contribution in [0.15, 0.2) is 24.3 Å². The lowest BCUT2D eigenvalue weighted by Crippen LogP contribution is -2.02. The van der Waals surface area contributed by atoms with Crippen LogP contribution in [0.5, 0.6) is 0 Å². The molecule has 8 nitrogen and oxygen atoms in total. The van der Waals surface area contributed by atoms with Crippen LogP contribution in [0.2, 0.25) is 0 Å². The molecule has 92 valence electrons. The second-order valence-corrected chi connectivity index (χ2v) is 3.20. The van der Waals surface area contributed by atoms with Gasteiger partial charge in [-0.15, -0.1) is 5.10 Å². The van der Waals surface area contributed by atoms with Crippen LogP contribution in [0.4, 0.5) is 10.2 Å². The van der Waals surface area contributed by atoms with Crippen molar-refractivity contribution in [1.82, 2.24) is 15.0 Å². The van der Waals surface area contributed by atoms with E-state index in [0.717, 1.165) is 16.9 Å². The zero-order valence-corrected chi connectivity index (χ0v) is 8.65. The summed E-state index contributed by atoms with van der Waals surface area (Å²) in [6.07, 6.45) is 0. The van der Waals surface area contributed by atoms with Crippen LogP contribution in [-0.4, -0.2) is 31.0 Å². The standard InChI is InChI=1S/C9H5FN4O4/c10-5-1-3-6(4-2-5)13-11-7(9(15)16)8(12-13)14(17)18/h1-4H,(H,15,16). The molecule has 0 spiro atoms. The first-order valence-electron chi connectivity index (χ1n) is 4.60. The average molecular weight is 252 g/mol. The summed E-state index contributed by atoms with van der Waals surface area (Å²) < 4.78 is 12.7. The molecule has 18 heavy (non-hydrogen) atoms. The maximum atomic E-state index is 12.7. The molecule has 2 aromatic rings. The van der Waals surface area contributed by atoms with Gasteiger partial charge in [0.15, 0.2) is 0 Å². The van der Waals surface area contributed by atoms with E-state index in [0.29, 0.717) is 0 Å². The molecule has 0 amide bonds. The van der Waals surface area contributed by atoms with Crippen LogP contribution in [0.3, 0.4) is 0 Å². The molecule has 0 aliphatic heterocycles. The first kappa shape index (κ1) is 11.6. The van der Waals surface area contributed by atoms with Gasteiger partial charge in [0.2, 0.25) is 0 Å². The predicted molar refractivity (Wildman–Crippen MR) is 54.9 cm³/mol. The second-order valence-electron chi connectivity index (χ2n) is 3.20. The number of benzene rings is 1. The molecular formula is C9H5FN4O4. The number of rotatable bonds is 3. The summed E-state index contributed by atoms with van der Waals surface area (Å²) in [5.74, 6) is -2.93. The first-order chi connectivity index (χ1) is 8.49. The maximum absolute atomic E-state index is 12.7. The topological polar surface area (TPSA) is 111 Å². The van der Waals surface area contributed by atoms with E-state index in [1.807, 2.05) is 0 Å². The zero-order chi connectivity index (χ0) is 13.3. The minimum absolute atomic E-state index is 0.215. The highest BCUT2D eigenvalue weighted by molar-refractivity contribution is 5.88. The monoisotopic (exact) mass is 252 g/mol. The van der Waals surface area contributed by atoms with E-state index in [4.69, 9.17) is 5.11 Å². The third-order valence-electron chi connectivity index (χ3n) is 2.03. The molecule has 1 heterocycles. The average Bonchev–Trinajstić information content (AvgIpc) is 2.75. The highest BCUT2D eigenvalue weighted by Crippen LogP contribution is 2.15. The van der Waals surface area contributed by atoms with Gasteiger partial charge >= 0.3 is 11.8 Å². The normalized spacial score (nSPS) is 10.3. The molecule has 0 aliphatic rings. The number of aromatic nitrogens is 3. The third kappa shape index (κ3) is 2.00. The van der Waals surface area contributed by atoms with E-state index in [2.05, 4.69) is 10.2 Å². The zero-order valence-electron chi connectivity index (χ0n) is 8.65. The van der Waals surface area contributed by atoms with Gasteiger partial charge in [-0.25, -0.2) is 9.18 Å². The SMILES string of the molecule is O=C(O)c1nn(-c2ccc(F)cc2)nc1[N+](=O)[O-]. The lowest BCUT2D eigenvalue weighted by atomic mass is 10.3. The molecule has 1 N–H and O–H groups in total. The second kappa shape index (κ2) is 4.20. The number of carboxylic acids is 1. The molecule has 0 bridgehead atoms. The summed E-state index contributed by atoms with van der Waals surface area (Å²) in [6.45, 7) is 0. The number of carboxylic acid groups (broad SMARTS) is 1. The van der Waals surface area contributed by atoms with Gasteiger partial charge in [0, 0.05) is 0 Å². The van der Waals surface area contributed by atoms with Gasteiger partial charge in [-0.2, -0.15) is 0 Å². The van der Waals surface area contributed by atoms with E-state index in [1.54, 1.807) is 0 Å². The molecule has 0 fully saturated rings. The highest BCUT2D eigenvalue weighted by atomic mass is 19.1. The van der Waals surface area contributed by atoms with Gasteiger partial charge in [0.1, 0.15) is 11.5 Å². The number of nitrogens with zero attached hydrogens (tertiary/aromatic N) is 4. The molecule has 1 aromatic carbocycles. The molecule has 0 unspecified atom stereocenters. The Labute approximate surface area is 98.4 Å². The fraction of sp³-hybridized carbons (Fsp3) is 0. The van der Waals surface area contributed by atoms with Gasteiger partial charge < -0.3 is 15.2 Å². The molecule has 1 aromatic heterocycles. The quantitative estimate of drug-likeness (QED) is 0.644. The summed E-state index contributed by atoms with van der Waals surface area (Å²) in [4.78, 5) is 21.2. The number of nitro groups is 1. The van der Waals surface area contributed by atoms with Gasteiger partial charge in [-0.3, -0.25) is 0 Å². The van der Waals surface area contributed by atoms with E-state index >= 15 is 0 Å². The van der Waals surface area contributed by atoms with E-state index in [9.17, 15) is 19.3 Å². The molecule has 0 atom stereocenters. The molecule has 2 rings (SSSR count). The van der Waals surface area contributed by atoms with Gasteiger partial charge in [0.25, 0.3) is 5.69 Å². The highest BCUT2D eigenvalue weighted by Gasteiger charge is 2.28. The Morgan fingerprint density at radius 3 is 2.39 bits per heavy atom. The van der Waals surface area contributed by atoms with Crippen molar-refractivity contribution in [1.29, 1.82) is 0 Å². The van der Waals surface area contributed by atoms with Gasteiger partial charge in [-0.1, -0.05) is 4.80 Å². The minimum Gasteiger partial charge on any atom is -0.476 e. The summed E-state index contributed by atoms with van der Waals surface area (Å²) in [5.41, 5.74) is -0.559. The fourth-order valence-corrected chi connectivity index (χ4v) is 1.25. The number of carbonyl (C=O) groups is 1. The smallest absolute Gasteiger partial charge is 0.425 e. The number of hydrogen-bond donors (Lipinski definition) is 1.